The highest BCUT2D eigenvalue weighted by molar-refractivity contribution is 7.15. The number of morpholine rings is 1. The second-order valence-corrected chi connectivity index (χ2v) is 11.5. The molecule has 1 aliphatic heterocycles. The van der Waals surface area contributed by atoms with Crippen molar-refractivity contribution in [2.24, 2.45) is 11.3 Å². The number of carboxylic acids is 1. The van der Waals surface area contributed by atoms with Crippen molar-refractivity contribution in [1.29, 1.82) is 0 Å². The van der Waals surface area contributed by atoms with Gasteiger partial charge in [0.2, 0.25) is 5.91 Å². The van der Waals surface area contributed by atoms with Gasteiger partial charge in [0.25, 0.3) is 0 Å². The van der Waals surface area contributed by atoms with E-state index >= 15 is 0 Å². The molecule has 6 nitrogen and oxygen atoms in total. The minimum absolute atomic E-state index is 0.0960. The van der Waals surface area contributed by atoms with E-state index in [1.165, 1.54) is 11.3 Å². The summed E-state index contributed by atoms with van der Waals surface area (Å²) >= 11 is 1.17. The lowest BCUT2D eigenvalue weighted by molar-refractivity contribution is -0.118. The van der Waals surface area contributed by atoms with E-state index in [4.69, 9.17) is 4.74 Å². The summed E-state index contributed by atoms with van der Waals surface area (Å²) in [6.45, 7) is 14.0. The molecule has 0 radical (unpaired) electrons. The first-order valence-corrected chi connectivity index (χ1v) is 12.9. The highest BCUT2D eigenvalue weighted by Gasteiger charge is 2.46. The van der Waals surface area contributed by atoms with Crippen LogP contribution in [0.2, 0.25) is 0 Å². The lowest BCUT2D eigenvalue weighted by Gasteiger charge is -2.51. The molecule has 1 unspecified atom stereocenters. The van der Waals surface area contributed by atoms with Gasteiger partial charge in [-0.05, 0) is 45.6 Å². The number of rotatable bonds is 6. The zero-order valence-electron chi connectivity index (χ0n) is 20.7. The van der Waals surface area contributed by atoms with Gasteiger partial charge in [-0.3, -0.25) is 9.69 Å². The maximum Gasteiger partial charge on any atom is 0.348 e. The fraction of sp³-hybridized carbons (Fsp3) is 0.692. The summed E-state index contributed by atoms with van der Waals surface area (Å²) < 4.78 is 5.52. The van der Waals surface area contributed by atoms with Crippen molar-refractivity contribution >= 4 is 28.9 Å². The van der Waals surface area contributed by atoms with Gasteiger partial charge in [0.05, 0.1) is 29.3 Å². The van der Waals surface area contributed by atoms with Crippen LogP contribution in [0.15, 0.2) is 6.07 Å². The minimum atomic E-state index is -1.00. The largest absolute Gasteiger partial charge is 0.477 e. The summed E-state index contributed by atoms with van der Waals surface area (Å²) in [5, 5.41) is 10.0. The Morgan fingerprint density at radius 3 is 2.42 bits per heavy atom. The number of nitrogens with zero attached hydrogens (tertiary/aromatic N) is 2. The number of hydrogen-bond acceptors (Lipinski definition) is 5. The molecule has 1 N–H and O–H groups in total. The Hall–Kier alpha value is -1.88. The molecule has 1 amide bonds. The fourth-order valence-corrected chi connectivity index (χ4v) is 6.01. The van der Waals surface area contributed by atoms with Gasteiger partial charge in [0.15, 0.2) is 0 Å². The Bertz CT molecular complexity index is 909. The molecule has 0 bridgehead atoms. The van der Waals surface area contributed by atoms with Crippen molar-refractivity contribution in [1.82, 2.24) is 4.90 Å². The van der Waals surface area contributed by atoms with Crippen molar-refractivity contribution < 1.29 is 19.4 Å². The van der Waals surface area contributed by atoms with Crippen LogP contribution >= 0.6 is 11.3 Å². The minimum Gasteiger partial charge on any atom is -0.477 e. The normalized spacial score (nSPS) is 19.9. The van der Waals surface area contributed by atoms with Crippen LogP contribution < -0.4 is 4.90 Å². The van der Waals surface area contributed by atoms with Crippen LogP contribution in [0.25, 0.3) is 0 Å². The van der Waals surface area contributed by atoms with E-state index in [2.05, 4.69) is 23.7 Å². The molecule has 2 heterocycles. The Balaban J connectivity index is 2.05. The molecular formula is C26H38N2O4S. The summed E-state index contributed by atoms with van der Waals surface area (Å²) in [6.07, 6.45) is 5.00. The highest BCUT2D eigenvalue weighted by Crippen LogP contribution is 2.45. The molecule has 1 aliphatic carbocycles. The van der Waals surface area contributed by atoms with Crippen LogP contribution in [0.4, 0.5) is 5.69 Å². The zero-order chi connectivity index (χ0) is 24.2. The van der Waals surface area contributed by atoms with Gasteiger partial charge in [0, 0.05) is 32.0 Å². The molecule has 0 aromatic carbocycles. The Morgan fingerprint density at radius 2 is 1.88 bits per heavy atom. The van der Waals surface area contributed by atoms with Gasteiger partial charge < -0.3 is 14.7 Å². The summed E-state index contributed by atoms with van der Waals surface area (Å²) in [5.41, 5.74) is -0.0816. The first-order chi connectivity index (χ1) is 15.5. The molecule has 1 atom stereocenters. The van der Waals surface area contributed by atoms with E-state index in [1.807, 2.05) is 31.7 Å². The SMILES string of the molecule is CC(=O)N(c1cc(C#CC(C)(C)C)sc1C(=O)O)C1(C(C)CN2CCOCC2)CCCCC1. The number of ether oxygens (including phenoxy) is 1. The van der Waals surface area contributed by atoms with Gasteiger partial charge in [-0.25, -0.2) is 4.79 Å². The van der Waals surface area contributed by atoms with Crippen LogP contribution in [0.1, 0.15) is 81.3 Å². The average Bonchev–Trinajstić information content (AvgIpc) is 3.17. The van der Waals surface area contributed by atoms with Crippen LogP contribution in [0.3, 0.4) is 0 Å². The van der Waals surface area contributed by atoms with E-state index in [9.17, 15) is 14.7 Å². The van der Waals surface area contributed by atoms with E-state index in [0.29, 0.717) is 10.6 Å². The maximum absolute atomic E-state index is 13.2. The molecule has 7 heteroatoms. The molecule has 33 heavy (non-hydrogen) atoms. The number of aromatic carboxylic acids is 1. The van der Waals surface area contributed by atoms with Gasteiger partial charge in [-0.15, -0.1) is 11.3 Å². The van der Waals surface area contributed by atoms with E-state index < -0.39 is 11.5 Å². The lowest BCUT2D eigenvalue weighted by Crippen LogP contribution is -2.59. The molecule has 182 valence electrons. The van der Waals surface area contributed by atoms with Gasteiger partial charge in [-0.2, -0.15) is 0 Å². The molecule has 3 rings (SSSR count). The molecule has 2 aliphatic rings. The van der Waals surface area contributed by atoms with Gasteiger partial charge in [0.1, 0.15) is 4.88 Å². The van der Waals surface area contributed by atoms with Crippen LogP contribution in [0.5, 0.6) is 0 Å². The number of carbonyl (C=O) groups is 2. The van der Waals surface area contributed by atoms with Crippen molar-refractivity contribution in [3.8, 4) is 11.8 Å². The number of hydrogen-bond donors (Lipinski definition) is 1. The Morgan fingerprint density at radius 1 is 1.24 bits per heavy atom. The van der Waals surface area contributed by atoms with Crippen molar-refractivity contribution in [3.05, 3.63) is 15.8 Å². The topological polar surface area (TPSA) is 70.1 Å². The van der Waals surface area contributed by atoms with Crippen molar-refractivity contribution in [3.63, 3.8) is 0 Å². The number of anilines is 1. The molecule has 1 saturated heterocycles. The monoisotopic (exact) mass is 474 g/mol. The average molecular weight is 475 g/mol. The Labute approximate surface area is 202 Å². The van der Waals surface area contributed by atoms with E-state index in [0.717, 1.165) is 65.0 Å². The van der Waals surface area contributed by atoms with Gasteiger partial charge in [-0.1, -0.05) is 38.0 Å². The molecule has 1 saturated carbocycles. The first kappa shape index (κ1) is 25.7. The van der Waals surface area contributed by atoms with Crippen molar-refractivity contribution in [2.45, 2.75) is 72.3 Å². The van der Waals surface area contributed by atoms with E-state index in [1.54, 1.807) is 6.92 Å². The summed E-state index contributed by atoms with van der Waals surface area (Å²) in [6, 6.07) is 1.83. The maximum atomic E-state index is 13.2. The highest BCUT2D eigenvalue weighted by atomic mass is 32.1. The first-order valence-electron chi connectivity index (χ1n) is 12.0. The fourth-order valence-electron chi connectivity index (χ4n) is 5.18. The summed E-state index contributed by atoms with van der Waals surface area (Å²) in [4.78, 5) is 30.6. The predicted molar refractivity (Wildman–Crippen MR) is 133 cm³/mol. The number of thiophene rings is 1. The second kappa shape index (κ2) is 10.6. The third kappa shape index (κ3) is 6.17. The number of carboxylic acid groups (broad SMARTS) is 1. The third-order valence-electron chi connectivity index (χ3n) is 6.74. The summed E-state index contributed by atoms with van der Waals surface area (Å²) in [5.74, 6) is 5.45. The van der Waals surface area contributed by atoms with Crippen LogP contribution in [-0.2, 0) is 9.53 Å². The second-order valence-electron chi connectivity index (χ2n) is 10.5. The molecular weight excluding hydrogens is 436 g/mol. The molecule has 1 aromatic heterocycles. The molecule has 1 aromatic rings. The zero-order valence-corrected chi connectivity index (χ0v) is 21.5. The predicted octanol–water partition coefficient (Wildman–Crippen LogP) is 4.87. The van der Waals surface area contributed by atoms with Crippen molar-refractivity contribution in [2.75, 3.05) is 37.7 Å². The molecule has 0 spiro atoms. The smallest absolute Gasteiger partial charge is 0.348 e. The Kier molecular flexibility index (Phi) is 8.26. The molecule has 2 fully saturated rings. The number of carbonyl (C=O) groups excluding carboxylic acids is 1. The standard InChI is InChI=1S/C26H38N2O4S/c1-19(18-27-13-15-32-16-14-27)26(10-7-6-8-11-26)28(20(2)29)22-17-21(9-12-25(3,4)5)33-23(22)24(30)31/h17,19H,6-8,10-11,13-16,18H2,1-5H3,(H,30,31). The quantitative estimate of drug-likeness (QED) is 0.596. The number of amides is 1. The lowest BCUT2D eigenvalue weighted by atomic mass is 9.71. The summed E-state index contributed by atoms with van der Waals surface area (Å²) in [7, 11) is 0. The van der Waals surface area contributed by atoms with Crippen LogP contribution in [0, 0.1) is 23.2 Å². The van der Waals surface area contributed by atoms with Gasteiger partial charge >= 0.3 is 5.97 Å². The van der Waals surface area contributed by atoms with E-state index in [-0.39, 0.29) is 22.1 Å². The van der Waals surface area contributed by atoms with Crippen LogP contribution in [-0.4, -0.2) is 60.3 Å². The third-order valence-corrected chi connectivity index (χ3v) is 7.77.